The molecule has 0 fully saturated rings. The van der Waals surface area contributed by atoms with Crippen molar-refractivity contribution in [3.05, 3.63) is 34.3 Å². The second-order valence-corrected chi connectivity index (χ2v) is 5.25. The summed E-state index contributed by atoms with van der Waals surface area (Å²) in [6, 6.07) is 8.45. The van der Waals surface area contributed by atoms with Crippen LogP contribution in [0.5, 0.6) is 0 Å². The highest BCUT2D eigenvalue weighted by molar-refractivity contribution is 9.10. The number of carbonyl (C=O) groups excluding carboxylic acids is 1. The van der Waals surface area contributed by atoms with Crippen molar-refractivity contribution in [2.24, 2.45) is 0 Å². The number of hydrogen-bond acceptors (Lipinski definition) is 1. The molecule has 0 N–H and O–H groups in total. The molecule has 0 saturated carbocycles. The third kappa shape index (κ3) is 6.45. The standard InChI is InChI=1S/C10H13Br.C3H6O/c1-10(2,3)8-5-4-6-9(11)7-8;1-2-3-4/h4-7H,1-3H3;3H,2H2,1H3. The zero-order valence-corrected chi connectivity index (χ0v) is 11.5. The van der Waals surface area contributed by atoms with E-state index >= 15 is 0 Å². The molecule has 0 amide bonds. The lowest BCUT2D eigenvalue weighted by Gasteiger charge is -2.18. The highest BCUT2D eigenvalue weighted by Crippen LogP contribution is 2.24. The predicted molar refractivity (Wildman–Crippen MR) is 69.2 cm³/mol. The van der Waals surface area contributed by atoms with Gasteiger partial charge in [-0.15, -0.1) is 0 Å². The number of halogens is 1. The molecule has 0 spiro atoms. The fourth-order valence-electron chi connectivity index (χ4n) is 0.955. The van der Waals surface area contributed by atoms with E-state index in [1.807, 2.05) is 6.92 Å². The molecule has 0 aliphatic carbocycles. The molecule has 1 aromatic carbocycles. The van der Waals surface area contributed by atoms with E-state index in [0.29, 0.717) is 6.42 Å². The lowest BCUT2D eigenvalue weighted by atomic mass is 9.87. The summed E-state index contributed by atoms with van der Waals surface area (Å²) in [5.74, 6) is 0. The van der Waals surface area contributed by atoms with E-state index in [9.17, 15) is 4.79 Å². The van der Waals surface area contributed by atoms with Gasteiger partial charge in [-0.05, 0) is 23.1 Å². The maximum Gasteiger partial charge on any atom is 0.119 e. The van der Waals surface area contributed by atoms with E-state index in [1.54, 1.807) is 0 Å². The van der Waals surface area contributed by atoms with Gasteiger partial charge in [0, 0.05) is 10.9 Å². The summed E-state index contributed by atoms with van der Waals surface area (Å²) in [4.78, 5) is 9.17. The lowest BCUT2D eigenvalue weighted by molar-refractivity contribution is -0.107. The highest BCUT2D eigenvalue weighted by atomic mass is 79.9. The number of hydrogen-bond donors (Lipinski definition) is 0. The van der Waals surface area contributed by atoms with Gasteiger partial charge in [-0.2, -0.15) is 0 Å². The molecule has 0 bridgehead atoms. The Kier molecular flexibility index (Phi) is 6.50. The predicted octanol–water partition coefficient (Wildman–Crippen LogP) is 4.34. The Morgan fingerprint density at radius 3 is 2.13 bits per heavy atom. The summed E-state index contributed by atoms with van der Waals surface area (Å²) in [6.45, 7) is 8.46. The van der Waals surface area contributed by atoms with Crippen molar-refractivity contribution in [1.29, 1.82) is 0 Å². The Hall–Kier alpha value is -0.630. The van der Waals surface area contributed by atoms with Gasteiger partial charge < -0.3 is 4.79 Å². The number of rotatable bonds is 1. The Bertz CT molecular complexity index is 300. The first kappa shape index (κ1) is 14.4. The molecular weight excluding hydrogens is 252 g/mol. The molecule has 0 saturated heterocycles. The van der Waals surface area contributed by atoms with Crippen LogP contribution in [0.25, 0.3) is 0 Å². The van der Waals surface area contributed by atoms with Gasteiger partial charge in [0.05, 0.1) is 0 Å². The second kappa shape index (κ2) is 6.78. The molecule has 1 nitrogen and oxygen atoms in total. The normalized spacial score (nSPS) is 10.2. The quantitative estimate of drug-likeness (QED) is 0.694. The molecule has 0 radical (unpaired) electrons. The maximum atomic E-state index is 9.17. The van der Waals surface area contributed by atoms with Gasteiger partial charge in [-0.1, -0.05) is 55.8 Å². The minimum absolute atomic E-state index is 0.254. The highest BCUT2D eigenvalue weighted by Gasteiger charge is 2.12. The average molecular weight is 271 g/mol. The molecule has 0 unspecified atom stereocenters. The molecule has 2 heteroatoms. The van der Waals surface area contributed by atoms with Crippen molar-refractivity contribution < 1.29 is 4.79 Å². The topological polar surface area (TPSA) is 17.1 Å². The number of carbonyl (C=O) groups is 1. The van der Waals surface area contributed by atoms with Crippen LogP contribution in [-0.2, 0) is 10.2 Å². The summed E-state index contributed by atoms with van der Waals surface area (Å²) < 4.78 is 1.16. The van der Waals surface area contributed by atoms with Gasteiger partial charge in [-0.3, -0.25) is 0 Å². The van der Waals surface area contributed by atoms with E-state index in [1.165, 1.54) is 5.56 Å². The zero-order chi connectivity index (χ0) is 11.9. The molecule has 0 aromatic heterocycles. The maximum absolute atomic E-state index is 9.17. The van der Waals surface area contributed by atoms with Gasteiger partial charge in [0.15, 0.2) is 0 Å². The van der Waals surface area contributed by atoms with Gasteiger partial charge in [0.2, 0.25) is 0 Å². The summed E-state index contributed by atoms with van der Waals surface area (Å²) in [7, 11) is 0. The largest absolute Gasteiger partial charge is 0.303 e. The Morgan fingerprint density at radius 1 is 1.33 bits per heavy atom. The summed E-state index contributed by atoms with van der Waals surface area (Å²) in [5.41, 5.74) is 1.62. The van der Waals surface area contributed by atoms with Crippen molar-refractivity contribution in [1.82, 2.24) is 0 Å². The van der Waals surface area contributed by atoms with Crippen LogP contribution in [-0.4, -0.2) is 6.29 Å². The molecule has 0 aliphatic rings. The fraction of sp³-hybridized carbons (Fsp3) is 0.462. The fourth-order valence-corrected chi connectivity index (χ4v) is 1.35. The second-order valence-electron chi connectivity index (χ2n) is 4.34. The number of aldehydes is 1. The minimum Gasteiger partial charge on any atom is -0.303 e. The molecule has 0 heterocycles. The SMILES string of the molecule is CC(C)(C)c1cccc(Br)c1.CCC=O. The van der Waals surface area contributed by atoms with E-state index in [4.69, 9.17) is 0 Å². The molecule has 0 aliphatic heterocycles. The van der Waals surface area contributed by atoms with Gasteiger partial charge in [0.1, 0.15) is 6.29 Å². The van der Waals surface area contributed by atoms with E-state index in [0.717, 1.165) is 10.8 Å². The van der Waals surface area contributed by atoms with E-state index < -0.39 is 0 Å². The minimum atomic E-state index is 0.254. The van der Waals surface area contributed by atoms with Crippen molar-refractivity contribution >= 4 is 22.2 Å². The monoisotopic (exact) mass is 270 g/mol. The summed E-state index contributed by atoms with van der Waals surface area (Å²) in [5, 5.41) is 0. The Balaban J connectivity index is 0.000000423. The van der Waals surface area contributed by atoms with Crippen molar-refractivity contribution in [2.45, 2.75) is 39.5 Å². The van der Waals surface area contributed by atoms with E-state index in [-0.39, 0.29) is 5.41 Å². The van der Waals surface area contributed by atoms with Crippen LogP contribution in [0, 0.1) is 0 Å². The van der Waals surface area contributed by atoms with E-state index in [2.05, 4.69) is 61.0 Å². The van der Waals surface area contributed by atoms with Crippen LogP contribution in [0.4, 0.5) is 0 Å². The van der Waals surface area contributed by atoms with Crippen molar-refractivity contribution in [3.63, 3.8) is 0 Å². The van der Waals surface area contributed by atoms with Gasteiger partial charge in [0.25, 0.3) is 0 Å². The molecular formula is C13H19BrO. The Morgan fingerprint density at radius 2 is 1.87 bits per heavy atom. The zero-order valence-electron chi connectivity index (χ0n) is 9.88. The third-order valence-corrected chi connectivity index (χ3v) is 2.35. The molecule has 0 atom stereocenters. The number of benzene rings is 1. The van der Waals surface area contributed by atoms with Crippen molar-refractivity contribution in [3.8, 4) is 0 Å². The van der Waals surface area contributed by atoms with Crippen LogP contribution >= 0.6 is 15.9 Å². The first-order chi connectivity index (χ1) is 6.91. The molecule has 1 rings (SSSR count). The van der Waals surface area contributed by atoms with Crippen LogP contribution in [0.3, 0.4) is 0 Å². The smallest absolute Gasteiger partial charge is 0.119 e. The first-order valence-electron chi connectivity index (χ1n) is 5.11. The lowest BCUT2D eigenvalue weighted by Crippen LogP contribution is -2.10. The van der Waals surface area contributed by atoms with Crippen LogP contribution in [0.1, 0.15) is 39.7 Å². The molecule has 15 heavy (non-hydrogen) atoms. The average Bonchev–Trinajstić information content (AvgIpc) is 2.17. The van der Waals surface area contributed by atoms with Crippen LogP contribution < -0.4 is 0 Å². The third-order valence-electron chi connectivity index (χ3n) is 1.86. The first-order valence-corrected chi connectivity index (χ1v) is 5.90. The van der Waals surface area contributed by atoms with Crippen LogP contribution in [0.2, 0.25) is 0 Å². The van der Waals surface area contributed by atoms with Crippen molar-refractivity contribution in [2.75, 3.05) is 0 Å². The summed E-state index contributed by atoms with van der Waals surface area (Å²) >= 11 is 3.45. The summed E-state index contributed by atoms with van der Waals surface area (Å²) in [6.07, 6.45) is 1.51. The van der Waals surface area contributed by atoms with Gasteiger partial charge >= 0.3 is 0 Å². The van der Waals surface area contributed by atoms with Gasteiger partial charge in [-0.25, -0.2) is 0 Å². The molecule has 84 valence electrons. The van der Waals surface area contributed by atoms with Crippen LogP contribution in [0.15, 0.2) is 28.7 Å². The molecule has 1 aromatic rings. The Labute approximate surface area is 101 Å².